The molecule has 0 saturated carbocycles. The van der Waals surface area contributed by atoms with Gasteiger partial charge >= 0.3 is 17.3 Å². The number of nitrogens with one attached hydrogen (secondary N) is 1. The van der Waals surface area contributed by atoms with E-state index in [1.165, 1.54) is 10.8 Å². The van der Waals surface area contributed by atoms with Crippen LogP contribution in [0.25, 0.3) is 0 Å². The second-order valence-electron chi connectivity index (χ2n) is 8.56. The largest absolute Gasteiger partial charge is 0.481 e. The van der Waals surface area contributed by atoms with Gasteiger partial charge in [-0.15, -0.1) is 0 Å². The van der Waals surface area contributed by atoms with E-state index < -0.39 is 17.3 Å². The lowest BCUT2D eigenvalue weighted by atomic mass is 10.1. The van der Waals surface area contributed by atoms with E-state index >= 15 is 0 Å². The Morgan fingerprint density at radius 3 is 2.50 bits per heavy atom. The Labute approximate surface area is 216 Å². The minimum atomic E-state index is -1.12. The standard InChI is InChI=1S/C27H24N6O5/c1-17-3-5-19(6-4-17)16-33-25(31-26(36)32(27(33)37)12-11-24(34)35)30-21-8-9-22(18(2)13-21)38-23-10-7-20(14-28)15-29-23/h3-10,13,15H,11-12,16H2,1-2H3,(H,34,35)(H,30,31,36). The zero-order valence-corrected chi connectivity index (χ0v) is 20.7. The molecule has 0 amide bonds. The Morgan fingerprint density at radius 1 is 1.11 bits per heavy atom. The van der Waals surface area contributed by atoms with Gasteiger partial charge in [0.15, 0.2) is 0 Å². The molecule has 4 aromatic rings. The predicted molar refractivity (Wildman–Crippen MR) is 137 cm³/mol. The average Bonchev–Trinajstić information content (AvgIpc) is 2.89. The number of hydrogen-bond acceptors (Lipinski definition) is 7. The number of benzene rings is 2. The van der Waals surface area contributed by atoms with Gasteiger partial charge in [0, 0.05) is 18.8 Å². The first-order chi connectivity index (χ1) is 18.2. The van der Waals surface area contributed by atoms with Crippen LogP contribution in [-0.4, -0.2) is 30.2 Å². The van der Waals surface area contributed by atoms with Gasteiger partial charge in [0.25, 0.3) is 0 Å². The Morgan fingerprint density at radius 2 is 1.87 bits per heavy atom. The number of hydrogen-bond donors (Lipinski definition) is 2. The Hall–Kier alpha value is -5.24. The number of rotatable bonds is 8. The third-order valence-corrected chi connectivity index (χ3v) is 5.67. The number of aryl methyl sites for hydroxylation is 2. The van der Waals surface area contributed by atoms with Gasteiger partial charge in [-0.1, -0.05) is 29.8 Å². The van der Waals surface area contributed by atoms with Crippen molar-refractivity contribution in [3.8, 4) is 17.7 Å². The summed E-state index contributed by atoms with van der Waals surface area (Å²) in [4.78, 5) is 48.2. The molecule has 0 spiro atoms. The zero-order valence-electron chi connectivity index (χ0n) is 20.7. The molecule has 0 atom stereocenters. The molecular formula is C27H24N6O5. The number of H-pyrrole nitrogens is 1. The van der Waals surface area contributed by atoms with Gasteiger partial charge in [0.1, 0.15) is 11.8 Å². The maximum Gasteiger partial charge on any atom is 0.335 e. The minimum Gasteiger partial charge on any atom is -0.481 e. The number of carboxylic acids is 1. The summed E-state index contributed by atoms with van der Waals surface area (Å²) in [5.41, 5.74) is 2.06. The smallest absolute Gasteiger partial charge is 0.335 e. The van der Waals surface area contributed by atoms with E-state index in [9.17, 15) is 14.4 Å². The summed E-state index contributed by atoms with van der Waals surface area (Å²) in [5, 5.41) is 17.9. The molecule has 0 saturated heterocycles. The Kier molecular flexibility index (Phi) is 7.63. The molecule has 0 aliphatic rings. The lowest BCUT2D eigenvalue weighted by molar-refractivity contribution is -0.137. The number of nitriles is 1. The number of ether oxygens (including phenoxy) is 1. The fraction of sp³-hybridized carbons (Fsp3) is 0.185. The van der Waals surface area contributed by atoms with Crippen LogP contribution in [0.2, 0.25) is 0 Å². The van der Waals surface area contributed by atoms with Crippen LogP contribution < -0.4 is 21.7 Å². The van der Waals surface area contributed by atoms with E-state index in [1.54, 1.807) is 30.3 Å². The van der Waals surface area contributed by atoms with Crippen LogP contribution in [0.5, 0.6) is 11.6 Å². The molecular weight excluding hydrogens is 488 g/mol. The number of carboxylic acid groups (broad SMARTS) is 1. The quantitative estimate of drug-likeness (QED) is 0.368. The van der Waals surface area contributed by atoms with Crippen molar-refractivity contribution in [1.29, 1.82) is 5.26 Å². The average molecular weight is 513 g/mol. The summed E-state index contributed by atoms with van der Waals surface area (Å²) in [6.07, 6.45) is 1.04. The fourth-order valence-corrected chi connectivity index (χ4v) is 3.62. The Balaban J connectivity index is 1.74. The highest BCUT2D eigenvalue weighted by atomic mass is 16.5. The molecule has 0 fully saturated rings. The first-order valence-electron chi connectivity index (χ1n) is 11.6. The van der Waals surface area contributed by atoms with Crippen LogP contribution in [0.15, 0.2) is 75.4 Å². The number of nitrogens with zero attached hydrogens (tertiary/aromatic N) is 5. The molecule has 0 radical (unpaired) electrons. The number of carbonyl (C=O) groups is 1. The Bertz CT molecular complexity index is 1710. The van der Waals surface area contributed by atoms with Gasteiger partial charge in [-0.2, -0.15) is 5.26 Å². The molecule has 192 valence electrons. The van der Waals surface area contributed by atoms with Crippen molar-refractivity contribution in [3.05, 3.63) is 110 Å². The molecule has 11 nitrogen and oxygen atoms in total. The van der Waals surface area contributed by atoms with Crippen molar-refractivity contribution in [2.24, 2.45) is 4.99 Å². The number of aromatic nitrogens is 4. The highest BCUT2D eigenvalue weighted by Gasteiger charge is 2.12. The maximum absolute atomic E-state index is 13.3. The number of aliphatic carboxylic acids is 1. The monoisotopic (exact) mass is 512 g/mol. The van der Waals surface area contributed by atoms with E-state index in [-0.39, 0.29) is 25.1 Å². The second kappa shape index (κ2) is 11.2. The lowest BCUT2D eigenvalue weighted by Crippen LogP contribution is -2.50. The van der Waals surface area contributed by atoms with Crippen LogP contribution in [0.1, 0.15) is 28.7 Å². The molecule has 2 aromatic heterocycles. The van der Waals surface area contributed by atoms with Crippen molar-refractivity contribution in [3.63, 3.8) is 0 Å². The first-order valence-corrected chi connectivity index (χ1v) is 11.6. The van der Waals surface area contributed by atoms with Gasteiger partial charge in [-0.25, -0.2) is 24.1 Å². The molecule has 2 heterocycles. The molecule has 0 aliphatic carbocycles. The molecule has 38 heavy (non-hydrogen) atoms. The highest BCUT2D eigenvalue weighted by molar-refractivity contribution is 5.66. The molecule has 0 bridgehead atoms. The minimum absolute atomic E-state index is 0.0222. The molecule has 0 unspecified atom stereocenters. The number of pyridine rings is 1. The van der Waals surface area contributed by atoms with Crippen molar-refractivity contribution >= 4 is 11.7 Å². The van der Waals surface area contributed by atoms with Gasteiger partial charge in [-0.3, -0.25) is 14.3 Å². The van der Waals surface area contributed by atoms with Crippen LogP contribution >= 0.6 is 0 Å². The predicted octanol–water partition coefficient (Wildman–Crippen LogP) is 2.77. The van der Waals surface area contributed by atoms with Gasteiger partial charge in [0.05, 0.1) is 24.2 Å². The van der Waals surface area contributed by atoms with Crippen LogP contribution in [0.4, 0.5) is 5.69 Å². The summed E-state index contributed by atoms with van der Waals surface area (Å²) < 4.78 is 7.96. The van der Waals surface area contributed by atoms with Gasteiger partial charge < -0.3 is 9.84 Å². The summed E-state index contributed by atoms with van der Waals surface area (Å²) >= 11 is 0. The fourth-order valence-electron chi connectivity index (χ4n) is 3.62. The second-order valence-corrected chi connectivity index (χ2v) is 8.56. The maximum atomic E-state index is 13.3. The van der Waals surface area contributed by atoms with Crippen molar-refractivity contribution < 1.29 is 14.6 Å². The van der Waals surface area contributed by atoms with E-state index in [4.69, 9.17) is 15.1 Å². The van der Waals surface area contributed by atoms with E-state index in [0.717, 1.165) is 21.3 Å². The van der Waals surface area contributed by atoms with Gasteiger partial charge in [0.2, 0.25) is 11.5 Å². The van der Waals surface area contributed by atoms with Gasteiger partial charge in [-0.05, 0) is 49.2 Å². The molecule has 2 N–H and O–H groups in total. The van der Waals surface area contributed by atoms with Crippen molar-refractivity contribution in [2.45, 2.75) is 33.4 Å². The molecule has 2 aromatic carbocycles. The SMILES string of the molecule is Cc1ccc(Cn2c(=O)n(CCC(=O)O)c(=O)[nH]/c2=N\c2ccc(Oc3ccc(C#N)cn3)c(C)c2)cc1. The van der Waals surface area contributed by atoms with Crippen molar-refractivity contribution in [1.82, 2.24) is 19.1 Å². The third kappa shape index (κ3) is 6.11. The molecule has 11 heteroatoms. The number of aromatic amines is 1. The van der Waals surface area contributed by atoms with Crippen LogP contribution in [-0.2, 0) is 17.9 Å². The van der Waals surface area contributed by atoms with Crippen LogP contribution in [0.3, 0.4) is 0 Å². The van der Waals surface area contributed by atoms with E-state index in [0.29, 0.717) is 22.9 Å². The van der Waals surface area contributed by atoms with E-state index in [2.05, 4.69) is 15.0 Å². The topological polar surface area (TPSA) is 155 Å². The molecule has 0 aliphatic heterocycles. The first kappa shape index (κ1) is 25.8. The van der Waals surface area contributed by atoms with E-state index in [1.807, 2.05) is 44.2 Å². The summed E-state index contributed by atoms with van der Waals surface area (Å²) in [5.74, 6) is -0.280. The summed E-state index contributed by atoms with van der Waals surface area (Å²) in [6, 6.07) is 17.8. The highest BCUT2D eigenvalue weighted by Crippen LogP contribution is 2.27. The summed E-state index contributed by atoms with van der Waals surface area (Å²) in [7, 11) is 0. The zero-order chi connectivity index (χ0) is 27.2. The van der Waals surface area contributed by atoms with Crippen LogP contribution in [0, 0.1) is 25.2 Å². The lowest BCUT2D eigenvalue weighted by Gasteiger charge is -2.11. The normalized spacial score (nSPS) is 11.2. The summed E-state index contributed by atoms with van der Waals surface area (Å²) in [6.45, 7) is 3.60. The van der Waals surface area contributed by atoms with Crippen molar-refractivity contribution in [2.75, 3.05) is 0 Å². The molecule has 4 rings (SSSR count). The third-order valence-electron chi connectivity index (χ3n) is 5.67.